The largest absolute Gasteiger partial charge is 0.574 e. The van der Waals surface area contributed by atoms with Crippen LogP contribution < -0.4 is 10.3 Å². The highest BCUT2D eigenvalue weighted by Crippen LogP contribution is 2.32. The maximum atomic E-state index is 12.5. The first kappa shape index (κ1) is 13.4. The Morgan fingerprint density at radius 3 is 2.41 bits per heavy atom. The number of aliphatic hydroxyl groups is 1. The summed E-state index contributed by atoms with van der Waals surface area (Å²) in [7, 11) is 0. The average molecular weight is 259 g/mol. The molecule has 1 heterocycles. The third kappa shape index (κ3) is 3.41. The summed E-state index contributed by atoms with van der Waals surface area (Å²) in [5.74, 6) is -1.41. The summed E-state index contributed by atoms with van der Waals surface area (Å²) >= 11 is 0. The van der Waals surface area contributed by atoms with Gasteiger partial charge in [-0.15, -0.1) is 13.2 Å². The molecular weight excluding hydrogens is 253 g/mol. The van der Waals surface area contributed by atoms with Crippen molar-refractivity contribution in [1.82, 2.24) is 4.98 Å². The molecule has 0 unspecified atom stereocenters. The van der Waals surface area contributed by atoms with Gasteiger partial charge < -0.3 is 9.84 Å². The number of aromatic nitrogens is 1. The number of hydrogen-bond donors (Lipinski definition) is 2. The van der Waals surface area contributed by atoms with Gasteiger partial charge in [-0.3, -0.25) is 9.78 Å². The normalized spacial score (nSPS) is 11.9. The van der Waals surface area contributed by atoms with Crippen LogP contribution in [0.5, 0.6) is 5.88 Å². The highest BCUT2D eigenvalue weighted by Gasteiger charge is 2.34. The first-order valence-corrected chi connectivity index (χ1v) is 4.15. The first-order chi connectivity index (χ1) is 7.74. The van der Waals surface area contributed by atoms with Gasteiger partial charge in [-0.2, -0.15) is 0 Å². The number of H-pyrrole nitrogens is 1. The smallest absolute Gasteiger partial charge is 0.392 e. The molecule has 17 heavy (non-hydrogen) atoms. The van der Waals surface area contributed by atoms with Gasteiger partial charge in [0.05, 0.1) is 12.2 Å². The molecule has 0 saturated carbocycles. The average Bonchev–Trinajstić information content (AvgIpc) is 2.12. The molecule has 0 saturated heterocycles. The molecule has 96 valence electrons. The Balaban J connectivity index is 3.36. The number of aliphatic hydroxyl groups excluding tert-OH is 1. The van der Waals surface area contributed by atoms with Crippen LogP contribution in [-0.2, 0) is 6.61 Å². The molecule has 0 atom stereocenters. The molecule has 2 N–H and O–H groups in total. The lowest BCUT2D eigenvalue weighted by molar-refractivity contribution is -0.276. The Hall–Kier alpha value is -1.64. The Morgan fingerprint density at radius 2 is 2.00 bits per heavy atom. The minimum Gasteiger partial charge on any atom is -0.392 e. The quantitative estimate of drug-likeness (QED) is 0.812. The lowest BCUT2D eigenvalue weighted by Gasteiger charge is -2.14. The van der Waals surface area contributed by atoms with Crippen LogP contribution >= 0.6 is 0 Å². The van der Waals surface area contributed by atoms with Crippen molar-refractivity contribution in [3.05, 3.63) is 27.5 Å². The van der Waals surface area contributed by atoms with E-state index in [9.17, 15) is 26.7 Å². The van der Waals surface area contributed by atoms with E-state index in [1.807, 2.05) is 0 Å². The highest BCUT2D eigenvalue weighted by molar-refractivity contribution is 5.35. The Labute approximate surface area is 90.6 Å². The lowest BCUT2D eigenvalue weighted by Crippen LogP contribution is -2.22. The van der Waals surface area contributed by atoms with Crippen molar-refractivity contribution in [3.63, 3.8) is 0 Å². The lowest BCUT2D eigenvalue weighted by atomic mass is 10.1. The van der Waals surface area contributed by atoms with Gasteiger partial charge in [-0.05, 0) is 5.56 Å². The molecule has 0 aliphatic carbocycles. The van der Waals surface area contributed by atoms with Crippen LogP contribution in [0, 0.1) is 0 Å². The van der Waals surface area contributed by atoms with Gasteiger partial charge >= 0.3 is 6.36 Å². The topological polar surface area (TPSA) is 62.3 Å². The molecule has 0 amide bonds. The fourth-order valence-corrected chi connectivity index (χ4v) is 1.16. The van der Waals surface area contributed by atoms with E-state index >= 15 is 0 Å². The molecule has 0 bridgehead atoms. The summed E-state index contributed by atoms with van der Waals surface area (Å²) in [4.78, 5) is 12.4. The summed E-state index contributed by atoms with van der Waals surface area (Å²) in [5.41, 5.74) is -2.90. The third-order valence-corrected chi connectivity index (χ3v) is 1.74. The van der Waals surface area contributed by atoms with Crippen molar-refractivity contribution in [3.8, 4) is 5.88 Å². The molecule has 4 nitrogen and oxygen atoms in total. The number of alkyl halides is 5. The van der Waals surface area contributed by atoms with Crippen LogP contribution in [0.1, 0.15) is 17.6 Å². The Kier molecular flexibility index (Phi) is 3.71. The van der Waals surface area contributed by atoms with E-state index < -0.39 is 42.0 Å². The van der Waals surface area contributed by atoms with Gasteiger partial charge in [-0.1, -0.05) is 0 Å². The van der Waals surface area contributed by atoms with Crippen molar-refractivity contribution in [2.24, 2.45) is 0 Å². The van der Waals surface area contributed by atoms with E-state index in [1.54, 1.807) is 0 Å². The number of hydrogen-bond acceptors (Lipinski definition) is 3. The maximum Gasteiger partial charge on any atom is 0.574 e. The van der Waals surface area contributed by atoms with Crippen LogP contribution in [0.15, 0.2) is 10.9 Å². The molecule has 0 fully saturated rings. The number of rotatable bonds is 3. The van der Waals surface area contributed by atoms with Crippen molar-refractivity contribution in [2.75, 3.05) is 0 Å². The predicted octanol–water partition coefficient (Wildman–Crippen LogP) is 1.70. The van der Waals surface area contributed by atoms with Gasteiger partial charge in [0.2, 0.25) is 5.88 Å². The van der Waals surface area contributed by atoms with Crippen molar-refractivity contribution < 1.29 is 31.8 Å². The summed E-state index contributed by atoms with van der Waals surface area (Å²) in [6.07, 6.45) is -8.55. The van der Waals surface area contributed by atoms with Crippen LogP contribution in [0.4, 0.5) is 22.0 Å². The maximum absolute atomic E-state index is 12.5. The van der Waals surface area contributed by atoms with E-state index in [2.05, 4.69) is 4.74 Å². The van der Waals surface area contributed by atoms with Crippen LogP contribution in [-0.4, -0.2) is 16.5 Å². The highest BCUT2D eigenvalue weighted by atomic mass is 19.4. The van der Waals surface area contributed by atoms with E-state index in [4.69, 9.17) is 5.11 Å². The summed E-state index contributed by atoms with van der Waals surface area (Å²) in [6.45, 7) is -1.00. The standard InChI is InChI=1S/C8H6F5NO3/c9-6(10)5-3(2-15)1-4(16)14-7(5)17-8(11,12)13/h1,6,15H,2H2,(H,14,16). The molecule has 1 aromatic rings. The molecular formula is C8H6F5NO3. The molecule has 0 radical (unpaired) electrons. The molecule has 0 aromatic carbocycles. The second kappa shape index (κ2) is 4.70. The number of aromatic amines is 1. The molecule has 9 heteroatoms. The molecule has 1 rings (SSSR count). The first-order valence-electron chi connectivity index (χ1n) is 4.15. The molecule has 1 aromatic heterocycles. The number of ether oxygens (including phenoxy) is 1. The van der Waals surface area contributed by atoms with Crippen LogP contribution in [0.3, 0.4) is 0 Å². The van der Waals surface area contributed by atoms with E-state index in [0.717, 1.165) is 0 Å². The van der Waals surface area contributed by atoms with E-state index in [0.29, 0.717) is 6.07 Å². The van der Waals surface area contributed by atoms with Gasteiger partial charge in [0.1, 0.15) is 0 Å². The van der Waals surface area contributed by atoms with Crippen LogP contribution in [0.2, 0.25) is 0 Å². The zero-order chi connectivity index (χ0) is 13.2. The molecule has 0 aliphatic heterocycles. The van der Waals surface area contributed by atoms with Crippen LogP contribution in [0.25, 0.3) is 0 Å². The molecule has 0 aliphatic rings. The Bertz CT molecular complexity index is 453. The summed E-state index contributed by atoms with van der Waals surface area (Å²) < 4.78 is 64.0. The zero-order valence-corrected chi connectivity index (χ0v) is 8.02. The predicted molar refractivity (Wildman–Crippen MR) is 44.6 cm³/mol. The zero-order valence-electron chi connectivity index (χ0n) is 8.02. The third-order valence-electron chi connectivity index (χ3n) is 1.74. The van der Waals surface area contributed by atoms with Gasteiger partial charge in [0.15, 0.2) is 0 Å². The summed E-state index contributed by atoms with van der Waals surface area (Å²) in [6, 6.07) is 0.574. The van der Waals surface area contributed by atoms with Gasteiger partial charge in [0.25, 0.3) is 12.0 Å². The fraction of sp³-hybridized carbons (Fsp3) is 0.375. The second-order valence-corrected chi connectivity index (χ2v) is 2.91. The SMILES string of the molecule is O=c1cc(CO)c(C(F)F)c(OC(F)(F)F)[nH]1. The van der Waals surface area contributed by atoms with Gasteiger partial charge in [0, 0.05) is 6.07 Å². The number of nitrogens with one attached hydrogen (secondary N) is 1. The van der Waals surface area contributed by atoms with E-state index in [-0.39, 0.29) is 0 Å². The molecule has 0 spiro atoms. The minimum absolute atomic E-state index is 0.574. The van der Waals surface area contributed by atoms with Crippen molar-refractivity contribution in [1.29, 1.82) is 0 Å². The van der Waals surface area contributed by atoms with E-state index in [1.165, 1.54) is 4.98 Å². The van der Waals surface area contributed by atoms with Gasteiger partial charge in [-0.25, -0.2) is 8.78 Å². The second-order valence-electron chi connectivity index (χ2n) is 2.91. The monoisotopic (exact) mass is 259 g/mol. The fourth-order valence-electron chi connectivity index (χ4n) is 1.16. The Morgan fingerprint density at radius 1 is 1.41 bits per heavy atom. The number of halogens is 5. The minimum atomic E-state index is -5.22. The van der Waals surface area contributed by atoms with Crippen molar-refractivity contribution in [2.45, 2.75) is 19.4 Å². The van der Waals surface area contributed by atoms with Crippen molar-refractivity contribution >= 4 is 0 Å². The summed E-state index contributed by atoms with van der Waals surface area (Å²) in [5, 5.41) is 8.69. The number of pyridine rings is 1.